The van der Waals surface area contributed by atoms with Gasteiger partial charge >= 0.3 is 6.61 Å². The molecule has 0 radical (unpaired) electrons. The second-order valence-electron chi connectivity index (χ2n) is 8.21. The highest BCUT2D eigenvalue weighted by atomic mass is 19.3. The average molecular weight is 466 g/mol. The Morgan fingerprint density at radius 3 is 2.53 bits per heavy atom. The molecule has 3 aromatic carbocycles. The standard InChI is InChI=1S/C26H25F2N3O3/c1-31-12-11-18-5-8-22(14-21(18)16-31)30-25(33)20-4-2-3-17(13-20)15-29-24(32)19-6-9-23(10-7-19)34-26(27)28/h2-10,13-14,26H,11-12,15-16H2,1H3,(H,29,32)(H,30,33). The second kappa shape index (κ2) is 10.4. The molecule has 1 heterocycles. The normalized spacial score (nSPS) is 13.3. The number of benzene rings is 3. The number of fused-ring (bicyclic) bond motifs is 1. The van der Waals surface area contributed by atoms with Crippen LogP contribution in [0.3, 0.4) is 0 Å². The van der Waals surface area contributed by atoms with Gasteiger partial charge in [0.25, 0.3) is 11.8 Å². The van der Waals surface area contributed by atoms with Crippen LogP contribution in [0.2, 0.25) is 0 Å². The fraction of sp³-hybridized carbons (Fsp3) is 0.231. The van der Waals surface area contributed by atoms with Crippen molar-refractivity contribution in [2.75, 3.05) is 18.9 Å². The summed E-state index contributed by atoms with van der Waals surface area (Å²) < 4.78 is 28.8. The van der Waals surface area contributed by atoms with Gasteiger partial charge in [-0.05, 0) is 78.7 Å². The fourth-order valence-corrected chi connectivity index (χ4v) is 3.87. The number of ether oxygens (including phenoxy) is 1. The SMILES string of the molecule is CN1CCc2ccc(NC(=O)c3cccc(CNC(=O)c4ccc(OC(F)F)cc4)c3)cc2C1. The number of nitrogens with one attached hydrogen (secondary N) is 2. The molecule has 0 saturated carbocycles. The van der Waals surface area contributed by atoms with Crippen molar-refractivity contribution in [2.45, 2.75) is 26.1 Å². The Bertz CT molecular complexity index is 1180. The summed E-state index contributed by atoms with van der Waals surface area (Å²) in [6, 6.07) is 18.5. The lowest BCUT2D eigenvalue weighted by molar-refractivity contribution is -0.0498. The summed E-state index contributed by atoms with van der Waals surface area (Å²) in [5, 5.41) is 5.72. The van der Waals surface area contributed by atoms with E-state index in [-0.39, 0.29) is 24.1 Å². The van der Waals surface area contributed by atoms with Gasteiger partial charge in [0.2, 0.25) is 0 Å². The fourth-order valence-electron chi connectivity index (χ4n) is 3.87. The van der Waals surface area contributed by atoms with Gasteiger partial charge < -0.3 is 20.3 Å². The van der Waals surface area contributed by atoms with Gasteiger partial charge in [0.1, 0.15) is 5.75 Å². The molecule has 2 amide bonds. The average Bonchev–Trinajstić information content (AvgIpc) is 2.82. The van der Waals surface area contributed by atoms with E-state index in [1.165, 1.54) is 35.4 Å². The highest BCUT2D eigenvalue weighted by Crippen LogP contribution is 2.22. The van der Waals surface area contributed by atoms with Crippen molar-refractivity contribution in [3.8, 4) is 5.75 Å². The molecule has 0 atom stereocenters. The van der Waals surface area contributed by atoms with Crippen molar-refractivity contribution in [1.29, 1.82) is 0 Å². The molecule has 0 bridgehead atoms. The topological polar surface area (TPSA) is 70.7 Å². The molecule has 8 heteroatoms. The zero-order valence-corrected chi connectivity index (χ0v) is 18.7. The zero-order valence-electron chi connectivity index (χ0n) is 18.7. The van der Waals surface area contributed by atoms with Gasteiger partial charge in [-0.25, -0.2) is 0 Å². The van der Waals surface area contributed by atoms with Crippen LogP contribution in [0.5, 0.6) is 5.75 Å². The van der Waals surface area contributed by atoms with E-state index in [1.54, 1.807) is 18.2 Å². The Labute approximate surface area is 196 Å². The van der Waals surface area contributed by atoms with E-state index in [4.69, 9.17) is 0 Å². The maximum absolute atomic E-state index is 12.8. The quantitative estimate of drug-likeness (QED) is 0.541. The largest absolute Gasteiger partial charge is 0.435 e. The minimum atomic E-state index is -2.92. The van der Waals surface area contributed by atoms with Gasteiger partial charge in [0, 0.05) is 36.4 Å². The van der Waals surface area contributed by atoms with Crippen LogP contribution in [0.1, 0.15) is 37.4 Å². The lowest BCUT2D eigenvalue weighted by atomic mass is 9.99. The Morgan fingerprint density at radius 2 is 1.76 bits per heavy atom. The molecule has 0 spiro atoms. The van der Waals surface area contributed by atoms with Crippen molar-refractivity contribution >= 4 is 17.5 Å². The molecule has 3 aromatic rings. The van der Waals surface area contributed by atoms with E-state index < -0.39 is 6.61 Å². The Kier molecular flexibility index (Phi) is 7.18. The monoisotopic (exact) mass is 465 g/mol. The van der Waals surface area contributed by atoms with Crippen molar-refractivity contribution in [1.82, 2.24) is 10.2 Å². The van der Waals surface area contributed by atoms with E-state index in [0.717, 1.165) is 30.8 Å². The van der Waals surface area contributed by atoms with Crippen molar-refractivity contribution in [2.24, 2.45) is 0 Å². The number of nitrogens with zero attached hydrogens (tertiary/aromatic N) is 1. The second-order valence-corrected chi connectivity index (χ2v) is 8.21. The molecule has 6 nitrogen and oxygen atoms in total. The van der Waals surface area contributed by atoms with Gasteiger partial charge in [0.15, 0.2) is 0 Å². The van der Waals surface area contributed by atoms with E-state index in [9.17, 15) is 18.4 Å². The number of carbonyl (C=O) groups is 2. The summed E-state index contributed by atoms with van der Waals surface area (Å²) in [7, 11) is 2.08. The molecule has 1 aliphatic heterocycles. The first-order chi connectivity index (χ1) is 16.4. The van der Waals surface area contributed by atoms with E-state index >= 15 is 0 Å². The molecule has 0 fully saturated rings. The summed E-state index contributed by atoms with van der Waals surface area (Å²) >= 11 is 0. The van der Waals surface area contributed by atoms with Crippen LogP contribution in [0, 0.1) is 0 Å². The Morgan fingerprint density at radius 1 is 0.971 bits per heavy atom. The molecular formula is C26H25F2N3O3. The first-order valence-electron chi connectivity index (χ1n) is 10.9. The maximum Gasteiger partial charge on any atom is 0.387 e. The maximum atomic E-state index is 12.8. The molecule has 0 aliphatic carbocycles. The Balaban J connectivity index is 1.36. The van der Waals surface area contributed by atoms with Crippen LogP contribution in [0.25, 0.3) is 0 Å². The van der Waals surface area contributed by atoms with Crippen LogP contribution in [-0.4, -0.2) is 36.9 Å². The van der Waals surface area contributed by atoms with Gasteiger partial charge in [-0.15, -0.1) is 0 Å². The lowest BCUT2D eigenvalue weighted by Crippen LogP contribution is -2.26. The molecular weight excluding hydrogens is 440 g/mol. The van der Waals surface area contributed by atoms with E-state index in [2.05, 4.69) is 33.4 Å². The van der Waals surface area contributed by atoms with Crippen molar-refractivity contribution in [3.05, 3.63) is 94.5 Å². The minimum absolute atomic E-state index is 0.0174. The molecule has 34 heavy (non-hydrogen) atoms. The zero-order chi connectivity index (χ0) is 24.1. The first kappa shape index (κ1) is 23.4. The van der Waals surface area contributed by atoms with E-state index in [0.29, 0.717) is 11.1 Å². The summed E-state index contributed by atoms with van der Waals surface area (Å²) in [5.41, 5.74) is 4.83. The smallest absolute Gasteiger partial charge is 0.387 e. The van der Waals surface area contributed by atoms with Crippen LogP contribution in [-0.2, 0) is 19.5 Å². The van der Waals surface area contributed by atoms with Crippen LogP contribution in [0.15, 0.2) is 66.7 Å². The third kappa shape index (κ3) is 5.96. The van der Waals surface area contributed by atoms with Gasteiger partial charge in [-0.3, -0.25) is 9.59 Å². The number of hydrogen-bond acceptors (Lipinski definition) is 4. The molecule has 0 aromatic heterocycles. The van der Waals surface area contributed by atoms with Crippen LogP contribution < -0.4 is 15.4 Å². The number of alkyl halides is 2. The van der Waals surface area contributed by atoms with E-state index in [1.807, 2.05) is 18.2 Å². The molecule has 2 N–H and O–H groups in total. The van der Waals surface area contributed by atoms with Gasteiger partial charge in [-0.2, -0.15) is 8.78 Å². The third-order valence-corrected chi connectivity index (χ3v) is 5.65. The van der Waals surface area contributed by atoms with Gasteiger partial charge in [-0.1, -0.05) is 18.2 Å². The number of hydrogen-bond donors (Lipinski definition) is 2. The number of amides is 2. The number of halogens is 2. The van der Waals surface area contributed by atoms with Crippen molar-refractivity contribution in [3.63, 3.8) is 0 Å². The minimum Gasteiger partial charge on any atom is -0.435 e. The van der Waals surface area contributed by atoms with Crippen LogP contribution in [0.4, 0.5) is 14.5 Å². The highest BCUT2D eigenvalue weighted by molar-refractivity contribution is 6.04. The highest BCUT2D eigenvalue weighted by Gasteiger charge is 2.15. The van der Waals surface area contributed by atoms with Gasteiger partial charge in [0.05, 0.1) is 0 Å². The predicted octanol–water partition coefficient (Wildman–Crippen LogP) is 4.46. The lowest BCUT2D eigenvalue weighted by Gasteiger charge is -2.25. The summed E-state index contributed by atoms with van der Waals surface area (Å²) in [6.45, 7) is -0.824. The summed E-state index contributed by atoms with van der Waals surface area (Å²) in [4.78, 5) is 27.4. The predicted molar refractivity (Wildman–Crippen MR) is 125 cm³/mol. The third-order valence-electron chi connectivity index (χ3n) is 5.65. The number of rotatable bonds is 7. The molecule has 0 unspecified atom stereocenters. The molecule has 4 rings (SSSR count). The van der Waals surface area contributed by atoms with Crippen LogP contribution >= 0.6 is 0 Å². The summed E-state index contributed by atoms with van der Waals surface area (Å²) in [6.07, 6.45) is 1.00. The number of carbonyl (C=O) groups excluding carboxylic acids is 2. The first-order valence-corrected chi connectivity index (χ1v) is 10.9. The number of likely N-dealkylation sites (N-methyl/N-ethyl adjacent to an activating group) is 1. The molecule has 0 saturated heterocycles. The molecule has 1 aliphatic rings. The van der Waals surface area contributed by atoms with Crippen molar-refractivity contribution < 1.29 is 23.1 Å². The molecule has 176 valence electrons. The number of anilines is 1. The summed E-state index contributed by atoms with van der Waals surface area (Å²) in [5.74, 6) is -0.611. The Hall–Kier alpha value is -3.78.